The summed E-state index contributed by atoms with van der Waals surface area (Å²) in [6, 6.07) is 0.764. The number of carbonyl (C=O) groups is 1. The fraction of sp³-hybridized carbons (Fsp3) is 0.812. The summed E-state index contributed by atoms with van der Waals surface area (Å²) in [4.78, 5) is 15.2. The first-order valence-electron chi connectivity index (χ1n) is 8.61. The number of hydrogen-bond donors (Lipinski definition) is 2. The number of piperidine rings is 1. The molecule has 1 saturated carbocycles. The van der Waals surface area contributed by atoms with E-state index in [1.807, 2.05) is 13.8 Å². The number of nitrogen functional groups attached to an aromatic ring is 1. The van der Waals surface area contributed by atoms with Crippen LogP contribution in [0.4, 0.5) is 5.13 Å². The topological polar surface area (TPSA) is 84.1 Å². The second kappa shape index (κ2) is 6.73. The van der Waals surface area contributed by atoms with E-state index in [-0.39, 0.29) is 11.8 Å². The van der Waals surface area contributed by atoms with E-state index in [2.05, 4.69) is 20.4 Å². The normalized spacial score (nSPS) is 21.7. The molecule has 1 aromatic rings. The Balaban J connectivity index is 1.53. The summed E-state index contributed by atoms with van der Waals surface area (Å²) >= 11 is 1.33. The number of likely N-dealkylation sites (tertiary alicyclic amines) is 1. The number of rotatable bonds is 4. The molecule has 0 spiro atoms. The third-order valence-electron chi connectivity index (χ3n) is 5.15. The van der Waals surface area contributed by atoms with Crippen LogP contribution in [0, 0.1) is 5.92 Å². The van der Waals surface area contributed by atoms with Gasteiger partial charge in [0, 0.05) is 12.0 Å². The van der Waals surface area contributed by atoms with Crippen LogP contribution in [0.3, 0.4) is 0 Å². The zero-order valence-corrected chi connectivity index (χ0v) is 14.9. The number of nitrogens with one attached hydrogen (secondary N) is 1. The molecule has 7 heteroatoms. The van der Waals surface area contributed by atoms with Gasteiger partial charge in [0.05, 0.1) is 5.54 Å². The summed E-state index contributed by atoms with van der Waals surface area (Å²) in [5.74, 6) is 0.243. The summed E-state index contributed by atoms with van der Waals surface area (Å²) < 4.78 is 0. The highest BCUT2D eigenvalue weighted by molar-refractivity contribution is 7.15. The van der Waals surface area contributed by atoms with E-state index in [1.165, 1.54) is 37.0 Å². The lowest BCUT2D eigenvalue weighted by Gasteiger charge is -2.36. The minimum atomic E-state index is -0.519. The average molecular weight is 337 g/mol. The maximum Gasteiger partial charge on any atom is 0.223 e. The summed E-state index contributed by atoms with van der Waals surface area (Å²) in [5, 5.41) is 12.2. The number of amides is 1. The summed E-state index contributed by atoms with van der Waals surface area (Å²) in [6.45, 7) is 6.01. The largest absolute Gasteiger partial charge is 0.374 e. The van der Waals surface area contributed by atoms with Gasteiger partial charge in [0.25, 0.3) is 0 Å². The molecule has 3 N–H and O–H groups in total. The Bertz CT molecular complexity index is 544. The van der Waals surface area contributed by atoms with Gasteiger partial charge in [0.1, 0.15) is 5.01 Å². The fourth-order valence-corrected chi connectivity index (χ4v) is 4.41. The summed E-state index contributed by atoms with van der Waals surface area (Å²) in [7, 11) is 0. The van der Waals surface area contributed by atoms with Crippen molar-refractivity contribution in [2.75, 3.05) is 18.8 Å². The van der Waals surface area contributed by atoms with Crippen molar-refractivity contribution >= 4 is 22.4 Å². The van der Waals surface area contributed by atoms with E-state index >= 15 is 0 Å². The number of carbonyl (C=O) groups excluding carboxylic acids is 1. The molecule has 1 aromatic heterocycles. The van der Waals surface area contributed by atoms with E-state index < -0.39 is 5.54 Å². The highest BCUT2D eigenvalue weighted by Crippen LogP contribution is 2.29. The molecule has 2 fully saturated rings. The van der Waals surface area contributed by atoms with E-state index in [4.69, 9.17) is 5.73 Å². The van der Waals surface area contributed by atoms with Crippen molar-refractivity contribution in [3.05, 3.63) is 5.01 Å². The number of nitrogens with zero attached hydrogens (tertiary/aromatic N) is 3. The predicted octanol–water partition coefficient (Wildman–Crippen LogP) is 2.13. The maximum absolute atomic E-state index is 12.6. The van der Waals surface area contributed by atoms with Gasteiger partial charge in [-0.2, -0.15) is 0 Å². The maximum atomic E-state index is 12.6. The lowest BCUT2D eigenvalue weighted by molar-refractivity contribution is -0.128. The molecule has 128 valence electrons. The van der Waals surface area contributed by atoms with Crippen LogP contribution >= 0.6 is 11.3 Å². The zero-order chi connectivity index (χ0) is 16.4. The molecule has 0 bridgehead atoms. The first kappa shape index (κ1) is 16.6. The molecular weight excluding hydrogens is 310 g/mol. The molecule has 23 heavy (non-hydrogen) atoms. The van der Waals surface area contributed by atoms with Crippen molar-refractivity contribution < 1.29 is 4.79 Å². The molecule has 0 aromatic carbocycles. The third-order valence-corrected chi connectivity index (χ3v) is 6.23. The Morgan fingerprint density at radius 3 is 2.43 bits per heavy atom. The second-order valence-corrected chi connectivity index (χ2v) is 8.32. The quantitative estimate of drug-likeness (QED) is 0.879. The molecule has 3 rings (SSSR count). The molecule has 2 aliphatic rings. The summed E-state index contributed by atoms with van der Waals surface area (Å²) in [5.41, 5.74) is 5.13. The Hall–Kier alpha value is -1.21. The van der Waals surface area contributed by atoms with Gasteiger partial charge in [-0.25, -0.2) is 0 Å². The number of nitrogens with two attached hydrogens (primary N) is 1. The van der Waals surface area contributed by atoms with Crippen molar-refractivity contribution in [2.24, 2.45) is 5.92 Å². The predicted molar refractivity (Wildman–Crippen MR) is 92.0 cm³/mol. The number of hydrogen-bond acceptors (Lipinski definition) is 6. The van der Waals surface area contributed by atoms with E-state index in [0.29, 0.717) is 5.13 Å². The van der Waals surface area contributed by atoms with Gasteiger partial charge in [-0.3, -0.25) is 4.79 Å². The lowest BCUT2D eigenvalue weighted by atomic mass is 9.93. The van der Waals surface area contributed by atoms with Gasteiger partial charge < -0.3 is 16.0 Å². The number of aromatic nitrogens is 2. The van der Waals surface area contributed by atoms with Crippen LogP contribution in [0.2, 0.25) is 0 Å². The first-order valence-corrected chi connectivity index (χ1v) is 9.43. The van der Waals surface area contributed by atoms with Gasteiger partial charge >= 0.3 is 0 Å². The van der Waals surface area contributed by atoms with Gasteiger partial charge in [-0.05, 0) is 52.6 Å². The second-order valence-electron chi connectivity index (χ2n) is 7.31. The van der Waals surface area contributed by atoms with Gasteiger partial charge in [-0.1, -0.05) is 24.2 Å². The summed E-state index contributed by atoms with van der Waals surface area (Å²) in [6.07, 6.45) is 7.31. The highest BCUT2D eigenvalue weighted by Gasteiger charge is 2.33. The standard InChI is InChI=1S/C16H27N5OS/c1-16(2,14-19-20-15(17)23-14)18-13(22)11-7-9-21(10-8-11)12-5-3-4-6-12/h11-12H,3-10H2,1-2H3,(H2,17,20)(H,18,22). The van der Waals surface area contributed by atoms with Crippen LogP contribution < -0.4 is 11.1 Å². The molecule has 1 aliphatic carbocycles. The smallest absolute Gasteiger partial charge is 0.223 e. The Morgan fingerprint density at radius 1 is 1.22 bits per heavy atom. The zero-order valence-electron chi connectivity index (χ0n) is 14.0. The Morgan fingerprint density at radius 2 is 1.87 bits per heavy atom. The van der Waals surface area contributed by atoms with Crippen molar-refractivity contribution in [2.45, 2.75) is 64.0 Å². The van der Waals surface area contributed by atoms with Crippen molar-refractivity contribution in [3.8, 4) is 0 Å². The van der Waals surface area contributed by atoms with Crippen LogP contribution in [-0.4, -0.2) is 40.1 Å². The average Bonchev–Trinajstić information content (AvgIpc) is 3.18. The monoisotopic (exact) mass is 337 g/mol. The van der Waals surface area contributed by atoms with E-state index in [1.54, 1.807) is 0 Å². The number of anilines is 1. The molecule has 0 radical (unpaired) electrons. The minimum Gasteiger partial charge on any atom is -0.374 e. The third kappa shape index (κ3) is 3.83. The SMILES string of the molecule is CC(C)(NC(=O)C1CCN(C2CCCC2)CC1)c1nnc(N)s1. The van der Waals surface area contributed by atoms with E-state index in [9.17, 15) is 4.79 Å². The minimum absolute atomic E-state index is 0.109. The van der Waals surface area contributed by atoms with Crippen molar-refractivity contribution in [1.82, 2.24) is 20.4 Å². The van der Waals surface area contributed by atoms with Crippen molar-refractivity contribution in [3.63, 3.8) is 0 Å². The molecule has 0 atom stereocenters. The Labute approximate surface area is 141 Å². The molecular formula is C16H27N5OS. The van der Waals surface area contributed by atoms with Crippen LogP contribution in [0.15, 0.2) is 0 Å². The molecule has 1 amide bonds. The molecule has 1 saturated heterocycles. The lowest BCUT2D eigenvalue weighted by Crippen LogP contribution is -2.48. The molecule has 1 aliphatic heterocycles. The fourth-order valence-electron chi connectivity index (χ4n) is 3.75. The highest BCUT2D eigenvalue weighted by atomic mass is 32.1. The van der Waals surface area contributed by atoms with Gasteiger partial charge in [-0.15, -0.1) is 10.2 Å². The van der Waals surface area contributed by atoms with E-state index in [0.717, 1.165) is 37.0 Å². The van der Waals surface area contributed by atoms with Crippen LogP contribution in [0.25, 0.3) is 0 Å². The van der Waals surface area contributed by atoms with Crippen molar-refractivity contribution in [1.29, 1.82) is 0 Å². The van der Waals surface area contributed by atoms with Gasteiger partial charge in [0.15, 0.2) is 0 Å². The first-order chi connectivity index (χ1) is 11.0. The molecule has 6 nitrogen and oxygen atoms in total. The van der Waals surface area contributed by atoms with Crippen LogP contribution in [0.5, 0.6) is 0 Å². The van der Waals surface area contributed by atoms with Crippen LogP contribution in [-0.2, 0) is 10.3 Å². The van der Waals surface area contributed by atoms with Gasteiger partial charge in [0.2, 0.25) is 11.0 Å². The Kier molecular flexibility index (Phi) is 4.87. The van der Waals surface area contributed by atoms with Crippen LogP contribution in [0.1, 0.15) is 57.4 Å². The molecule has 0 unspecified atom stereocenters. The molecule has 2 heterocycles.